The first kappa shape index (κ1) is 12.5. The van der Waals surface area contributed by atoms with Crippen molar-refractivity contribution in [3.63, 3.8) is 0 Å². The van der Waals surface area contributed by atoms with Gasteiger partial charge in [0.05, 0.1) is 4.90 Å². The van der Waals surface area contributed by atoms with Crippen molar-refractivity contribution in [2.24, 2.45) is 0 Å². The number of aryl methyl sites for hydroxylation is 2. The number of nitrogens with zero attached hydrogens (tertiary/aromatic N) is 1. The molecule has 1 N–H and O–H groups in total. The Morgan fingerprint density at radius 2 is 1.72 bits per heavy atom. The minimum atomic E-state index is -3.73. The zero-order chi connectivity index (χ0) is 13.3. The highest BCUT2D eigenvalue weighted by Crippen LogP contribution is 2.18. The molecule has 0 saturated carbocycles. The molecule has 1 heterocycles. The van der Waals surface area contributed by atoms with E-state index in [1.54, 1.807) is 12.1 Å². The quantitative estimate of drug-likeness (QED) is 0.827. The summed E-state index contributed by atoms with van der Waals surface area (Å²) in [6, 6.07) is 7.40. The van der Waals surface area contributed by atoms with Crippen molar-refractivity contribution < 1.29 is 8.42 Å². The zero-order valence-corrected chi connectivity index (χ0v) is 10.8. The minimum absolute atomic E-state index is 0.130. The predicted octanol–water partition coefficient (Wildman–Crippen LogP) is 1.22. The number of aromatic nitrogens is 2. The molecule has 2 rings (SSSR count). The van der Waals surface area contributed by atoms with Gasteiger partial charge >= 0.3 is 0 Å². The van der Waals surface area contributed by atoms with Gasteiger partial charge in [-0.2, -0.15) is 0 Å². The Balaban J connectivity index is 2.61. The predicted molar refractivity (Wildman–Crippen MR) is 66.2 cm³/mol. The maximum absolute atomic E-state index is 12.2. The maximum Gasteiger partial charge on any atom is 0.252 e. The smallest absolute Gasteiger partial charge is 0.252 e. The molecule has 0 amide bonds. The van der Waals surface area contributed by atoms with Crippen LogP contribution in [-0.2, 0) is 9.84 Å². The summed E-state index contributed by atoms with van der Waals surface area (Å²) in [7, 11) is -3.73. The summed E-state index contributed by atoms with van der Waals surface area (Å²) in [5.41, 5.74) is 0.484. The topological polar surface area (TPSA) is 79.9 Å². The molecule has 6 heteroatoms. The van der Waals surface area contributed by atoms with E-state index in [2.05, 4.69) is 9.97 Å². The number of sulfone groups is 1. The fourth-order valence-electron chi connectivity index (χ4n) is 1.53. The normalized spacial score (nSPS) is 11.4. The third-order valence-electron chi connectivity index (χ3n) is 2.44. The fraction of sp³-hybridized carbons (Fsp3) is 0.167. The highest BCUT2D eigenvalue weighted by atomic mass is 32.2. The van der Waals surface area contributed by atoms with Gasteiger partial charge < -0.3 is 4.98 Å². The summed E-state index contributed by atoms with van der Waals surface area (Å²) in [4.78, 5) is 17.7. The number of rotatable bonds is 2. The van der Waals surface area contributed by atoms with Gasteiger partial charge in [0.15, 0.2) is 5.03 Å². The van der Waals surface area contributed by atoms with Crippen molar-refractivity contribution in [2.75, 3.05) is 0 Å². The van der Waals surface area contributed by atoms with Crippen LogP contribution < -0.4 is 5.56 Å². The molecule has 5 nitrogen and oxygen atoms in total. The highest BCUT2D eigenvalue weighted by molar-refractivity contribution is 7.91. The van der Waals surface area contributed by atoms with Crippen molar-refractivity contribution in [3.8, 4) is 0 Å². The second kappa shape index (κ2) is 4.38. The van der Waals surface area contributed by atoms with Gasteiger partial charge in [0.25, 0.3) is 5.56 Å². The molecule has 2 aromatic rings. The largest absolute Gasteiger partial charge is 0.311 e. The van der Waals surface area contributed by atoms with E-state index in [1.165, 1.54) is 19.1 Å². The Morgan fingerprint density at radius 3 is 2.28 bits per heavy atom. The molecule has 0 saturated heterocycles. The van der Waals surface area contributed by atoms with Crippen LogP contribution in [0.5, 0.6) is 0 Å². The number of hydrogen-bond acceptors (Lipinski definition) is 4. The minimum Gasteiger partial charge on any atom is -0.311 e. The van der Waals surface area contributed by atoms with Crippen LogP contribution in [0.2, 0.25) is 0 Å². The van der Waals surface area contributed by atoms with E-state index in [0.29, 0.717) is 0 Å². The summed E-state index contributed by atoms with van der Waals surface area (Å²) in [5, 5.41) is -0.229. The standard InChI is InChI=1S/C12H12N2O3S/c1-8-3-5-10(6-4-8)18(16,17)12-7-11(15)13-9(2)14-12/h3-7H,1-2H3,(H,13,14,15). The fourth-order valence-corrected chi connectivity index (χ4v) is 2.78. The molecule has 0 spiro atoms. The molecule has 0 unspecified atom stereocenters. The van der Waals surface area contributed by atoms with E-state index < -0.39 is 15.4 Å². The van der Waals surface area contributed by atoms with Crippen LogP contribution in [0.3, 0.4) is 0 Å². The zero-order valence-electron chi connectivity index (χ0n) is 9.97. The molecule has 0 aliphatic heterocycles. The second-order valence-electron chi connectivity index (χ2n) is 3.99. The summed E-state index contributed by atoms with van der Waals surface area (Å²) in [6.45, 7) is 3.40. The SMILES string of the molecule is Cc1ccc(S(=O)(=O)c2cc(=O)[nH]c(C)n2)cc1. The van der Waals surface area contributed by atoms with E-state index in [0.717, 1.165) is 11.6 Å². The average Bonchev–Trinajstić information content (AvgIpc) is 2.28. The molecule has 0 atom stereocenters. The van der Waals surface area contributed by atoms with Crippen LogP contribution in [-0.4, -0.2) is 18.4 Å². The van der Waals surface area contributed by atoms with Gasteiger partial charge in [0.1, 0.15) is 5.82 Å². The Kier molecular flexibility index (Phi) is 3.04. The van der Waals surface area contributed by atoms with E-state index in [4.69, 9.17) is 0 Å². The van der Waals surface area contributed by atoms with Crippen LogP contribution >= 0.6 is 0 Å². The lowest BCUT2D eigenvalue weighted by molar-refractivity contribution is 0.591. The molecule has 0 aliphatic rings. The molecular weight excluding hydrogens is 252 g/mol. The summed E-state index contributed by atoms with van der Waals surface area (Å²) in [5.74, 6) is 0.271. The Labute approximate surface area is 104 Å². The first-order chi connectivity index (χ1) is 8.39. The van der Waals surface area contributed by atoms with Crippen molar-refractivity contribution in [3.05, 3.63) is 52.1 Å². The van der Waals surface area contributed by atoms with Crippen molar-refractivity contribution in [1.82, 2.24) is 9.97 Å². The molecular formula is C12H12N2O3S. The Hall–Kier alpha value is -1.95. The summed E-state index contributed by atoms with van der Waals surface area (Å²) >= 11 is 0. The molecule has 1 aromatic carbocycles. The van der Waals surface area contributed by atoms with Gasteiger partial charge in [0.2, 0.25) is 9.84 Å². The summed E-state index contributed by atoms with van der Waals surface area (Å²) in [6.07, 6.45) is 0. The molecule has 0 aliphatic carbocycles. The van der Waals surface area contributed by atoms with E-state index in [9.17, 15) is 13.2 Å². The average molecular weight is 264 g/mol. The number of benzene rings is 1. The number of aromatic amines is 1. The van der Waals surface area contributed by atoms with Gasteiger partial charge in [-0.25, -0.2) is 13.4 Å². The lowest BCUT2D eigenvalue weighted by Gasteiger charge is -2.04. The molecule has 0 fully saturated rings. The van der Waals surface area contributed by atoms with Gasteiger partial charge in [-0.05, 0) is 26.0 Å². The summed E-state index contributed by atoms with van der Waals surface area (Å²) < 4.78 is 24.5. The van der Waals surface area contributed by atoms with Crippen LogP contribution in [0.25, 0.3) is 0 Å². The van der Waals surface area contributed by atoms with Crippen LogP contribution in [0.4, 0.5) is 0 Å². The van der Waals surface area contributed by atoms with Crippen LogP contribution in [0.1, 0.15) is 11.4 Å². The molecule has 0 radical (unpaired) electrons. The van der Waals surface area contributed by atoms with E-state index >= 15 is 0 Å². The van der Waals surface area contributed by atoms with Crippen molar-refractivity contribution in [1.29, 1.82) is 0 Å². The third-order valence-corrected chi connectivity index (χ3v) is 4.10. The van der Waals surface area contributed by atoms with Crippen molar-refractivity contribution in [2.45, 2.75) is 23.8 Å². The molecule has 1 aromatic heterocycles. The first-order valence-corrected chi connectivity index (χ1v) is 6.77. The third kappa shape index (κ3) is 2.33. The molecule has 18 heavy (non-hydrogen) atoms. The first-order valence-electron chi connectivity index (χ1n) is 5.29. The van der Waals surface area contributed by atoms with Gasteiger partial charge in [0, 0.05) is 6.07 Å². The monoisotopic (exact) mass is 264 g/mol. The van der Waals surface area contributed by atoms with Gasteiger partial charge in [-0.15, -0.1) is 0 Å². The number of hydrogen-bond donors (Lipinski definition) is 1. The Bertz CT molecular complexity index is 731. The number of H-pyrrole nitrogens is 1. The lowest BCUT2D eigenvalue weighted by Crippen LogP contribution is -2.14. The van der Waals surface area contributed by atoms with Crippen molar-refractivity contribution >= 4 is 9.84 Å². The molecule has 0 bridgehead atoms. The van der Waals surface area contributed by atoms with Gasteiger partial charge in [-0.3, -0.25) is 4.79 Å². The van der Waals surface area contributed by atoms with E-state index in [1.807, 2.05) is 6.92 Å². The highest BCUT2D eigenvalue weighted by Gasteiger charge is 2.19. The lowest BCUT2D eigenvalue weighted by atomic mass is 10.2. The molecule has 94 valence electrons. The van der Waals surface area contributed by atoms with E-state index in [-0.39, 0.29) is 15.7 Å². The number of nitrogens with one attached hydrogen (secondary N) is 1. The second-order valence-corrected chi connectivity index (χ2v) is 5.88. The van der Waals surface area contributed by atoms with Crippen LogP contribution in [0, 0.1) is 13.8 Å². The maximum atomic E-state index is 12.2. The Morgan fingerprint density at radius 1 is 1.11 bits per heavy atom. The van der Waals surface area contributed by atoms with Gasteiger partial charge in [-0.1, -0.05) is 17.7 Å². The van der Waals surface area contributed by atoms with Crippen LogP contribution in [0.15, 0.2) is 45.0 Å².